The number of hydrogen-bond acceptors (Lipinski definition) is 4. The minimum absolute atomic E-state index is 0.196. The second-order valence-electron chi connectivity index (χ2n) is 5.79. The number of nitrogens with zero attached hydrogens (tertiary/aromatic N) is 1. The molecule has 1 aliphatic carbocycles. The highest BCUT2D eigenvalue weighted by Crippen LogP contribution is 2.27. The maximum Gasteiger partial charge on any atom is 0.179 e. The third-order valence-electron chi connectivity index (χ3n) is 4.00. The Kier molecular flexibility index (Phi) is 5.79. The fraction of sp³-hybridized carbons (Fsp3) is 0.625. The fourth-order valence-corrected chi connectivity index (χ4v) is 3.83. The van der Waals surface area contributed by atoms with Crippen LogP contribution in [0.3, 0.4) is 0 Å². The largest absolute Gasteiger partial charge is 0.326 e. The molecule has 0 amide bonds. The molecule has 2 N–H and O–H groups in total. The van der Waals surface area contributed by atoms with Crippen LogP contribution >= 0.6 is 0 Å². The van der Waals surface area contributed by atoms with Gasteiger partial charge < -0.3 is 5.73 Å². The predicted molar refractivity (Wildman–Crippen MR) is 85.9 cm³/mol. The molecule has 4 nitrogen and oxygen atoms in total. The van der Waals surface area contributed by atoms with Crippen LogP contribution in [0.25, 0.3) is 0 Å². The third-order valence-corrected chi connectivity index (χ3v) is 5.69. The predicted octanol–water partition coefficient (Wildman–Crippen LogP) is 2.18. The second kappa shape index (κ2) is 7.38. The standard InChI is InChI=1S/C16H26N2O2S/c1-2-3-9-18(15-7-8-15)10-11-21(19,20)16-6-4-5-14(12-16)13-17/h4-6,12,15H,2-3,7-11,13,17H2,1H3. The van der Waals surface area contributed by atoms with Gasteiger partial charge in [0.15, 0.2) is 9.84 Å². The monoisotopic (exact) mass is 310 g/mol. The number of sulfone groups is 1. The summed E-state index contributed by atoms with van der Waals surface area (Å²) >= 11 is 0. The minimum atomic E-state index is -3.22. The maximum atomic E-state index is 12.5. The second-order valence-corrected chi connectivity index (χ2v) is 7.90. The van der Waals surface area contributed by atoms with Crippen LogP contribution in [-0.2, 0) is 16.4 Å². The van der Waals surface area contributed by atoms with Crippen molar-refractivity contribution in [2.24, 2.45) is 5.73 Å². The summed E-state index contributed by atoms with van der Waals surface area (Å²) in [6.45, 7) is 4.19. The van der Waals surface area contributed by atoms with Gasteiger partial charge in [-0.1, -0.05) is 25.5 Å². The lowest BCUT2D eigenvalue weighted by atomic mass is 10.2. The lowest BCUT2D eigenvalue weighted by molar-refractivity contribution is 0.274. The van der Waals surface area contributed by atoms with E-state index in [4.69, 9.17) is 5.73 Å². The van der Waals surface area contributed by atoms with E-state index in [1.54, 1.807) is 18.2 Å². The number of hydrogen-bond donors (Lipinski definition) is 1. The van der Waals surface area contributed by atoms with Crippen LogP contribution in [0, 0.1) is 0 Å². The molecule has 1 aliphatic rings. The van der Waals surface area contributed by atoms with E-state index < -0.39 is 9.84 Å². The lowest BCUT2D eigenvalue weighted by Gasteiger charge is -2.21. The molecule has 5 heteroatoms. The van der Waals surface area contributed by atoms with Gasteiger partial charge >= 0.3 is 0 Å². The molecule has 21 heavy (non-hydrogen) atoms. The summed E-state index contributed by atoms with van der Waals surface area (Å²) in [5.74, 6) is 0.196. The number of unbranched alkanes of at least 4 members (excludes halogenated alkanes) is 1. The van der Waals surface area contributed by atoms with Gasteiger partial charge in [0.2, 0.25) is 0 Å². The van der Waals surface area contributed by atoms with Crippen molar-refractivity contribution in [3.05, 3.63) is 29.8 Å². The van der Waals surface area contributed by atoms with Crippen molar-refractivity contribution in [1.29, 1.82) is 0 Å². The van der Waals surface area contributed by atoms with Gasteiger partial charge in [-0.05, 0) is 43.5 Å². The average molecular weight is 310 g/mol. The minimum Gasteiger partial charge on any atom is -0.326 e. The Hall–Kier alpha value is -0.910. The van der Waals surface area contributed by atoms with Crippen molar-refractivity contribution in [3.8, 4) is 0 Å². The first-order valence-electron chi connectivity index (χ1n) is 7.82. The molecule has 0 aliphatic heterocycles. The van der Waals surface area contributed by atoms with Crippen molar-refractivity contribution in [2.45, 2.75) is 50.1 Å². The molecule has 0 bridgehead atoms. The summed E-state index contributed by atoms with van der Waals surface area (Å²) in [5.41, 5.74) is 6.45. The van der Waals surface area contributed by atoms with Crippen LogP contribution in [0.2, 0.25) is 0 Å². The van der Waals surface area contributed by atoms with Gasteiger partial charge in [0, 0.05) is 19.1 Å². The molecule has 0 unspecified atom stereocenters. The maximum absolute atomic E-state index is 12.5. The molecule has 1 aromatic rings. The highest BCUT2D eigenvalue weighted by molar-refractivity contribution is 7.91. The van der Waals surface area contributed by atoms with Gasteiger partial charge in [-0.3, -0.25) is 4.90 Å². The Morgan fingerprint density at radius 1 is 1.29 bits per heavy atom. The van der Waals surface area contributed by atoms with Gasteiger partial charge in [0.1, 0.15) is 0 Å². The quantitative estimate of drug-likeness (QED) is 0.759. The van der Waals surface area contributed by atoms with Crippen LogP contribution < -0.4 is 5.73 Å². The van der Waals surface area contributed by atoms with Crippen LogP contribution in [0.5, 0.6) is 0 Å². The number of nitrogens with two attached hydrogens (primary N) is 1. The topological polar surface area (TPSA) is 63.4 Å². The zero-order valence-corrected chi connectivity index (χ0v) is 13.6. The normalized spacial score (nSPS) is 15.6. The molecule has 118 valence electrons. The zero-order valence-electron chi connectivity index (χ0n) is 12.8. The van der Waals surface area contributed by atoms with Crippen molar-refractivity contribution in [1.82, 2.24) is 4.90 Å². The van der Waals surface area contributed by atoms with Gasteiger partial charge in [0.05, 0.1) is 10.6 Å². The molecule has 1 saturated carbocycles. The van der Waals surface area contributed by atoms with E-state index in [1.807, 2.05) is 6.07 Å². The highest BCUT2D eigenvalue weighted by atomic mass is 32.2. The van der Waals surface area contributed by atoms with E-state index in [-0.39, 0.29) is 5.75 Å². The summed E-state index contributed by atoms with van der Waals surface area (Å²) in [7, 11) is -3.22. The molecular weight excluding hydrogens is 284 g/mol. The molecule has 0 atom stereocenters. The van der Waals surface area contributed by atoms with Gasteiger partial charge in [-0.2, -0.15) is 0 Å². The van der Waals surface area contributed by atoms with Crippen LogP contribution in [0.1, 0.15) is 38.2 Å². The zero-order chi connectivity index (χ0) is 15.3. The molecule has 0 spiro atoms. The van der Waals surface area contributed by atoms with Crippen molar-refractivity contribution < 1.29 is 8.42 Å². The van der Waals surface area contributed by atoms with Crippen LogP contribution in [0.15, 0.2) is 29.2 Å². The van der Waals surface area contributed by atoms with Crippen molar-refractivity contribution >= 4 is 9.84 Å². The highest BCUT2D eigenvalue weighted by Gasteiger charge is 2.29. The number of rotatable bonds is 9. The molecule has 2 rings (SSSR count). The third kappa shape index (κ3) is 4.80. The lowest BCUT2D eigenvalue weighted by Crippen LogP contribution is -2.32. The summed E-state index contributed by atoms with van der Waals surface area (Å²) in [5, 5.41) is 0. The van der Waals surface area contributed by atoms with Crippen LogP contribution in [-0.4, -0.2) is 38.2 Å². The summed E-state index contributed by atoms with van der Waals surface area (Å²) < 4.78 is 24.9. The Labute approximate surface area is 128 Å². The fourth-order valence-electron chi connectivity index (χ4n) is 2.50. The first-order chi connectivity index (χ1) is 10.1. The average Bonchev–Trinajstić information content (AvgIpc) is 3.32. The van der Waals surface area contributed by atoms with E-state index in [0.29, 0.717) is 24.0 Å². The summed E-state index contributed by atoms with van der Waals surface area (Å²) in [6, 6.07) is 7.61. The molecule has 0 aromatic heterocycles. The molecule has 1 aromatic carbocycles. The molecule has 1 fully saturated rings. The Balaban J connectivity index is 1.99. The van der Waals surface area contributed by atoms with Crippen molar-refractivity contribution in [2.75, 3.05) is 18.8 Å². The van der Waals surface area contributed by atoms with Crippen LogP contribution in [0.4, 0.5) is 0 Å². The number of benzene rings is 1. The SMILES string of the molecule is CCCCN(CCS(=O)(=O)c1cccc(CN)c1)C1CC1. The van der Waals surface area contributed by atoms with Gasteiger partial charge in [0.25, 0.3) is 0 Å². The van der Waals surface area contributed by atoms with E-state index in [9.17, 15) is 8.42 Å². The van der Waals surface area contributed by atoms with Gasteiger partial charge in [-0.25, -0.2) is 8.42 Å². The van der Waals surface area contributed by atoms with Crippen molar-refractivity contribution in [3.63, 3.8) is 0 Å². The summed E-state index contributed by atoms with van der Waals surface area (Å²) in [6.07, 6.45) is 4.71. The molecule has 0 heterocycles. The molecule has 0 saturated heterocycles. The molecular formula is C16H26N2O2S. The van der Waals surface area contributed by atoms with E-state index in [2.05, 4.69) is 11.8 Å². The van der Waals surface area contributed by atoms with E-state index in [1.165, 1.54) is 12.8 Å². The Morgan fingerprint density at radius 2 is 2.05 bits per heavy atom. The first kappa shape index (κ1) is 16.5. The van der Waals surface area contributed by atoms with E-state index >= 15 is 0 Å². The van der Waals surface area contributed by atoms with Gasteiger partial charge in [-0.15, -0.1) is 0 Å². The smallest absolute Gasteiger partial charge is 0.179 e. The first-order valence-corrected chi connectivity index (χ1v) is 9.48. The Morgan fingerprint density at radius 3 is 2.67 bits per heavy atom. The Bertz CT molecular complexity index is 553. The summed E-state index contributed by atoms with van der Waals surface area (Å²) in [4.78, 5) is 2.74. The molecule has 0 radical (unpaired) electrons. The van der Waals surface area contributed by atoms with E-state index in [0.717, 1.165) is 24.9 Å².